The lowest BCUT2D eigenvalue weighted by molar-refractivity contribution is -0.384. The predicted octanol–water partition coefficient (Wildman–Crippen LogP) is 3.49. The Labute approximate surface area is 153 Å². The van der Waals surface area contributed by atoms with Crippen LogP contribution in [0.25, 0.3) is 11.1 Å². The molecule has 0 radical (unpaired) electrons. The molecule has 1 atom stereocenters. The predicted molar refractivity (Wildman–Crippen MR) is 100 cm³/mol. The first-order valence-electron chi connectivity index (χ1n) is 9.00. The molecule has 0 aromatic heterocycles. The van der Waals surface area contributed by atoms with Crippen molar-refractivity contribution in [3.05, 3.63) is 58.6 Å². The lowest BCUT2D eigenvalue weighted by atomic mass is 10.0. The van der Waals surface area contributed by atoms with Crippen LogP contribution in [0, 0.1) is 10.1 Å². The number of non-ortho nitro benzene ring substituents is 1. The summed E-state index contributed by atoms with van der Waals surface area (Å²) in [6.45, 7) is 2.79. The summed E-state index contributed by atoms with van der Waals surface area (Å²) in [7, 11) is 0. The molecule has 1 unspecified atom stereocenters. The molecule has 2 aromatic rings. The van der Waals surface area contributed by atoms with Gasteiger partial charge in [0, 0.05) is 24.2 Å². The van der Waals surface area contributed by atoms with Crippen LogP contribution >= 0.6 is 0 Å². The summed E-state index contributed by atoms with van der Waals surface area (Å²) in [5.74, 6) is 0.541. The number of aliphatic hydroxyl groups excluding tert-OH is 1. The van der Waals surface area contributed by atoms with E-state index in [9.17, 15) is 15.2 Å². The fourth-order valence-corrected chi connectivity index (χ4v) is 3.28. The van der Waals surface area contributed by atoms with E-state index in [-0.39, 0.29) is 12.3 Å². The molecular formula is C20H24N2O4. The quantitative estimate of drug-likeness (QED) is 0.607. The van der Waals surface area contributed by atoms with E-state index in [2.05, 4.69) is 4.90 Å². The van der Waals surface area contributed by atoms with Crippen molar-refractivity contribution in [2.45, 2.75) is 25.4 Å². The van der Waals surface area contributed by atoms with Gasteiger partial charge in [-0.2, -0.15) is 0 Å². The van der Waals surface area contributed by atoms with Crippen LogP contribution in [0.3, 0.4) is 0 Å². The molecule has 26 heavy (non-hydrogen) atoms. The van der Waals surface area contributed by atoms with Crippen molar-refractivity contribution in [2.24, 2.45) is 0 Å². The van der Waals surface area contributed by atoms with Crippen LogP contribution in [0.2, 0.25) is 0 Å². The van der Waals surface area contributed by atoms with Gasteiger partial charge in [0.05, 0.1) is 4.92 Å². The van der Waals surface area contributed by atoms with E-state index < -0.39 is 11.0 Å². The summed E-state index contributed by atoms with van der Waals surface area (Å²) in [6.07, 6.45) is 3.01. The molecule has 1 aliphatic heterocycles. The number of piperidine rings is 1. The molecule has 1 fully saturated rings. The van der Waals surface area contributed by atoms with Crippen LogP contribution in [-0.4, -0.2) is 47.3 Å². The second kappa shape index (κ2) is 8.78. The van der Waals surface area contributed by atoms with Crippen LogP contribution in [0.1, 0.15) is 19.3 Å². The van der Waals surface area contributed by atoms with Crippen molar-refractivity contribution in [3.8, 4) is 16.9 Å². The molecule has 138 valence electrons. The molecule has 6 nitrogen and oxygen atoms in total. The zero-order chi connectivity index (χ0) is 18.4. The molecule has 1 aliphatic rings. The van der Waals surface area contributed by atoms with E-state index in [1.807, 2.05) is 30.3 Å². The van der Waals surface area contributed by atoms with E-state index in [1.165, 1.54) is 31.4 Å². The monoisotopic (exact) mass is 356 g/mol. The van der Waals surface area contributed by atoms with Crippen molar-refractivity contribution < 1.29 is 14.8 Å². The van der Waals surface area contributed by atoms with Gasteiger partial charge in [0.2, 0.25) is 0 Å². The third-order valence-electron chi connectivity index (χ3n) is 4.61. The zero-order valence-corrected chi connectivity index (χ0v) is 14.7. The lowest BCUT2D eigenvalue weighted by Crippen LogP contribution is -2.38. The van der Waals surface area contributed by atoms with Gasteiger partial charge in [0.1, 0.15) is 18.5 Å². The van der Waals surface area contributed by atoms with E-state index in [0.29, 0.717) is 17.9 Å². The molecule has 0 saturated carbocycles. The van der Waals surface area contributed by atoms with Crippen molar-refractivity contribution in [1.29, 1.82) is 0 Å². The van der Waals surface area contributed by atoms with Crippen LogP contribution in [-0.2, 0) is 0 Å². The summed E-state index contributed by atoms with van der Waals surface area (Å²) < 4.78 is 5.83. The van der Waals surface area contributed by atoms with Crippen molar-refractivity contribution in [3.63, 3.8) is 0 Å². The number of aliphatic hydroxyl groups is 1. The fourth-order valence-electron chi connectivity index (χ4n) is 3.28. The third kappa shape index (κ3) is 4.80. The summed E-state index contributed by atoms with van der Waals surface area (Å²) in [4.78, 5) is 12.9. The summed E-state index contributed by atoms with van der Waals surface area (Å²) in [5, 5.41) is 21.4. The number of nitrogens with zero attached hydrogens (tertiary/aromatic N) is 2. The summed E-state index contributed by atoms with van der Waals surface area (Å²) in [5.41, 5.74) is 1.52. The van der Waals surface area contributed by atoms with E-state index >= 15 is 0 Å². The number of β-amino-alcohol motifs (C(OH)–C–C–N with tert-alkyl or cyclic N) is 1. The van der Waals surface area contributed by atoms with Gasteiger partial charge in [0.25, 0.3) is 5.69 Å². The summed E-state index contributed by atoms with van der Waals surface area (Å²) in [6, 6.07) is 14.0. The highest BCUT2D eigenvalue weighted by atomic mass is 16.6. The Morgan fingerprint density at radius 3 is 2.54 bits per heavy atom. The molecule has 0 spiro atoms. The topological polar surface area (TPSA) is 75.8 Å². The minimum Gasteiger partial charge on any atom is -0.490 e. The van der Waals surface area contributed by atoms with E-state index in [1.54, 1.807) is 6.07 Å². The first-order chi connectivity index (χ1) is 12.6. The number of hydrogen-bond donors (Lipinski definition) is 1. The normalized spacial score (nSPS) is 16.2. The minimum atomic E-state index is -0.591. The average Bonchev–Trinajstić information content (AvgIpc) is 2.67. The number of benzene rings is 2. The number of nitro benzene ring substituents is 1. The zero-order valence-electron chi connectivity index (χ0n) is 14.7. The van der Waals surface area contributed by atoms with Crippen LogP contribution in [0.5, 0.6) is 5.75 Å². The third-order valence-corrected chi connectivity index (χ3v) is 4.61. The number of rotatable bonds is 7. The smallest absolute Gasteiger partial charge is 0.270 e. The molecule has 0 bridgehead atoms. The number of hydrogen-bond acceptors (Lipinski definition) is 5. The lowest BCUT2D eigenvalue weighted by Gasteiger charge is -2.28. The van der Waals surface area contributed by atoms with Crippen LogP contribution in [0.4, 0.5) is 5.69 Å². The highest BCUT2D eigenvalue weighted by Gasteiger charge is 2.17. The Bertz CT molecular complexity index is 730. The van der Waals surface area contributed by atoms with Gasteiger partial charge in [-0.25, -0.2) is 0 Å². The van der Waals surface area contributed by atoms with Gasteiger partial charge in [-0.05, 0) is 37.6 Å². The number of ether oxygens (including phenoxy) is 1. The van der Waals surface area contributed by atoms with Gasteiger partial charge < -0.3 is 14.7 Å². The SMILES string of the molecule is O=[N+]([O-])c1ccc(OCC(O)CN2CCCCC2)c(-c2ccccc2)c1. The van der Waals surface area contributed by atoms with E-state index in [4.69, 9.17) is 4.74 Å². The maximum atomic E-state index is 11.1. The Balaban J connectivity index is 1.71. The molecule has 2 aromatic carbocycles. The van der Waals surface area contributed by atoms with Gasteiger partial charge in [-0.1, -0.05) is 36.8 Å². The second-order valence-electron chi connectivity index (χ2n) is 6.63. The molecule has 6 heteroatoms. The molecule has 1 heterocycles. The standard InChI is InChI=1S/C20H24N2O4/c23-18(14-21-11-5-2-6-12-21)15-26-20-10-9-17(22(24)25)13-19(20)16-7-3-1-4-8-16/h1,3-4,7-10,13,18,23H,2,5-6,11-12,14-15H2. The maximum Gasteiger partial charge on any atom is 0.270 e. The Morgan fingerprint density at radius 1 is 1.12 bits per heavy atom. The Hall–Kier alpha value is -2.44. The van der Waals surface area contributed by atoms with E-state index in [0.717, 1.165) is 18.7 Å². The van der Waals surface area contributed by atoms with Crippen LogP contribution in [0.15, 0.2) is 48.5 Å². The Kier molecular flexibility index (Phi) is 6.20. The Morgan fingerprint density at radius 2 is 1.85 bits per heavy atom. The fraction of sp³-hybridized carbons (Fsp3) is 0.400. The van der Waals surface area contributed by atoms with Crippen LogP contribution < -0.4 is 4.74 Å². The van der Waals surface area contributed by atoms with Gasteiger partial charge in [0.15, 0.2) is 0 Å². The highest BCUT2D eigenvalue weighted by molar-refractivity contribution is 5.72. The largest absolute Gasteiger partial charge is 0.490 e. The molecule has 1 saturated heterocycles. The van der Waals surface area contributed by atoms with Gasteiger partial charge in [-0.15, -0.1) is 0 Å². The van der Waals surface area contributed by atoms with Gasteiger partial charge in [-0.3, -0.25) is 10.1 Å². The van der Waals surface area contributed by atoms with Gasteiger partial charge >= 0.3 is 0 Å². The molecule has 0 aliphatic carbocycles. The highest BCUT2D eigenvalue weighted by Crippen LogP contribution is 2.33. The molecule has 1 N–H and O–H groups in total. The average molecular weight is 356 g/mol. The maximum absolute atomic E-state index is 11.1. The number of nitro groups is 1. The van der Waals surface area contributed by atoms with Crippen molar-refractivity contribution in [2.75, 3.05) is 26.2 Å². The van der Waals surface area contributed by atoms with Crippen molar-refractivity contribution in [1.82, 2.24) is 4.90 Å². The first kappa shape index (κ1) is 18.4. The first-order valence-corrected chi connectivity index (χ1v) is 9.00. The number of likely N-dealkylation sites (tertiary alicyclic amines) is 1. The molecule has 0 amide bonds. The van der Waals surface area contributed by atoms with Crippen molar-refractivity contribution >= 4 is 5.69 Å². The summed E-state index contributed by atoms with van der Waals surface area (Å²) >= 11 is 0. The second-order valence-corrected chi connectivity index (χ2v) is 6.63. The minimum absolute atomic E-state index is 0.0186. The molecular weight excluding hydrogens is 332 g/mol. The molecule has 3 rings (SSSR count).